The third kappa shape index (κ3) is 3.48. The van der Waals surface area contributed by atoms with Gasteiger partial charge in [0.1, 0.15) is 17.1 Å². The van der Waals surface area contributed by atoms with Crippen molar-refractivity contribution in [2.75, 3.05) is 0 Å². The maximum absolute atomic E-state index is 13.7. The van der Waals surface area contributed by atoms with E-state index >= 15 is 0 Å². The summed E-state index contributed by atoms with van der Waals surface area (Å²) in [6, 6.07) is 11.5. The maximum Gasteiger partial charge on any atom is 0.276 e. The summed E-state index contributed by atoms with van der Waals surface area (Å²) in [5, 5.41) is 0.416. The van der Waals surface area contributed by atoms with Crippen LogP contribution in [0.15, 0.2) is 70.6 Å². The second kappa shape index (κ2) is 7.30. The van der Waals surface area contributed by atoms with E-state index in [-0.39, 0.29) is 32.3 Å². The van der Waals surface area contributed by atoms with Crippen LogP contribution in [0.5, 0.6) is 11.5 Å². The summed E-state index contributed by atoms with van der Waals surface area (Å²) < 4.78 is 47.8. The topological polar surface area (TPSA) is 70.3 Å². The Hall–Kier alpha value is -3.10. The maximum atomic E-state index is 13.7. The Labute approximate surface area is 176 Å². The molecule has 0 bridgehead atoms. The van der Waals surface area contributed by atoms with Crippen LogP contribution < -0.4 is 10.3 Å². The zero-order valence-electron chi connectivity index (χ0n) is 16.0. The fraction of sp³-hybridized carbons (Fsp3) is 0.0952. The number of ether oxygens (including phenoxy) is 1. The lowest BCUT2D eigenvalue weighted by Gasteiger charge is -2.12. The average molecular weight is 447 g/mol. The van der Waals surface area contributed by atoms with Crippen molar-refractivity contribution in [2.24, 2.45) is 7.05 Å². The van der Waals surface area contributed by atoms with Crippen LogP contribution in [0.4, 0.5) is 4.39 Å². The lowest BCUT2D eigenvalue weighted by atomic mass is 10.2. The monoisotopic (exact) mass is 446 g/mol. The lowest BCUT2D eigenvalue weighted by molar-refractivity contribution is 0.476. The Balaban J connectivity index is 1.91. The van der Waals surface area contributed by atoms with Crippen LogP contribution in [0.2, 0.25) is 5.02 Å². The minimum Gasteiger partial charge on any atom is -0.455 e. The van der Waals surface area contributed by atoms with Gasteiger partial charge in [-0.15, -0.1) is 0 Å². The van der Waals surface area contributed by atoms with Gasteiger partial charge in [0, 0.05) is 24.3 Å². The predicted octanol–water partition coefficient (Wildman–Crippen LogP) is 4.47. The van der Waals surface area contributed by atoms with Crippen LogP contribution >= 0.6 is 11.6 Å². The molecule has 0 aliphatic rings. The number of benzene rings is 2. The zero-order valence-corrected chi connectivity index (χ0v) is 17.5. The Morgan fingerprint density at radius 2 is 1.77 bits per heavy atom. The van der Waals surface area contributed by atoms with Crippen LogP contribution in [-0.4, -0.2) is 17.0 Å². The standard InChI is InChI=1S/C21H16ClFN2O4S/c1-13-3-5-17(6-4-13)30(27,28)25-8-7-18-19(12-24(2)21(26)20(18)25)29-16-10-14(22)9-15(23)11-16/h3-12H,1-2H3. The molecule has 0 spiro atoms. The molecule has 0 atom stereocenters. The van der Waals surface area contributed by atoms with E-state index in [0.29, 0.717) is 0 Å². The van der Waals surface area contributed by atoms with Crippen LogP contribution in [0.25, 0.3) is 10.9 Å². The van der Waals surface area contributed by atoms with Gasteiger partial charge in [-0.1, -0.05) is 29.3 Å². The summed E-state index contributed by atoms with van der Waals surface area (Å²) in [5.41, 5.74) is 0.319. The van der Waals surface area contributed by atoms with Gasteiger partial charge < -0.3 is 9.30 Å². The highest BCUT2D eigenvalue weighted by atomic mass is 35.5. The molecule has 0 aliphatic carbocycles. The summed E-state index contributed by atoms with van der Waals surface area (Å²) >= 11 is 5.88. The van der Waals surface area contributed by atoms with Crippen molar-refractivity contribution in [1.82, 2.24) is 8.54 Å². The minimum atomic E-state index is -4.01. The molecule has 0 amide bonds. The zero-order chi connectivity index (χ0) is 21.6. The molecule has 0 unspecified atom stereocenters. The largest absolute Gasteiger partial charge is 0.455 e. The van der Waals surface area contributed by atoms with Gasteiger partial charge >= 0.3 is 0 Å². The van der Waals surface area contributed by atoms with Crippen LogP contribution in [0, 0.1) is 12.7 Å². The molecule has 0 aliphatic heterocycles. The van der Waals surface area contributed by atoms with Gasteiger partial charge in [-0.25, -0.2) is 16.8 Å². The van der Waals surface area contributed by atoms with E-state index in [9.17, 15) is 17.6 Å². The Morgan fingerprint density at radius 1 is 1.07 bits per heavy atom. The highest BCUT2D eigenvalue weighted by molar-refractivity contribution is 7.90. The molecule has 2 aromatic heterocycles. The van der Waals surface area contributed by atoms with E-state index in [1.54, 1.807) is 12.1 Å². The van der Waals surface area contributed by atoms with Crippen LogP contribution in [0.3, 0.4) is 0 Å². The number of hydrogen-bond acceptors (Lipinski definition) is 4. The van der Waals surface area contributed by atoms with Gasteiger partial charge in [0.15, 0.2) is 5.75 Å². The predicted molar refractivity (Wildman–Crippen MR) is 112 cm³/mol. The number of aromatic nitrogens is 2. The SMILES string of the molecule is Cc1ccc(S(=O)(=O)n2ccc3c(Oc4cc(F)cc(Cl)c4)cn(C)c(=O)c32)cc1. The first-order valence-corrected chi connectivity index (χ1v) is 10.7. The molecule has 154 valence electrons. The number of halogens is 2. The van der Waals surface area contributed by atoms with Gasteiger partial charge in [-0.3, -0.25) is 4.79 Å². The van der Waals surface area contributed by atoms with Gasteiger partial charge in [-0.05, 0) is 37.3 Å². The number of aryl methyl sites for hydroxylation is 2. The third-order valence-electron chi connectivity index (χ3n) is 4.59. The van der Waals surface area contributed by atoms with Gasteiger partial charge in [0.2, 0.25) is 0 Å². The molecule has 0 saturated carbocycles. The summed E-state index contributed by atoms with van der Waals surface area (Å²) in [4.78, 5) is 12.8. The molecule has 9 heteroatoms. The first-order chi connectivity index (χ1) is 14.2. The number of nitrogens with zero attached hydrogens (tertiary/aromatic N) is 2. The van der Waals surface area contributed by atoms with Crippen LogP contribution in [-0.2, 0) is 17.1 Å². The molecule has 2 aromatic carbocycles. The highest BCUT2D eigenvalue weighted by Crippen LogP contribution is 2.32. The first kappa shape index (κ1) is 20.2. The quantitative estimate of drug-likeness (QED) is 0.463. The average Bonchev–Trinajstić information content (AvgIpc) is 3.12. The number of fused-ring (bicyclic) bond motifs is 1. The van der Waals surface area contributed by atoms with Gasteiger partial charge in [0.25, 0.3) is 15.6 Å². The second-order valence-corrected chi connectivity index (χ2v) is 9.06. The Morgan fingerprint density at radius 3 is 2.43 bits per heavy atom. The third-order valence-corrected chi connectivity index (χ3v) is 6.50. The molecular weight excluding hydrogens is 431 g/mol. The highest BCUT2D eigenvalue weighted by Gasteiger charge is 2.23. The second-order valence-electron chi connectivity index (χ2n) is 6.81. The van der Waals surface area contributed by atoms with Crippen molar-refractivity contribution in [3.63, 3.8) is 0 Å². The minimum absolute atomic E-state index is 0.0517. The molecule has 0 saturated heterocycles. The van der Waals surface area contributed by atoms with E-state index in [1.807, 2.05) is 6.92 Å². The van der Waals surface area contributed by atoms with Crippen molar-refractivity contribution in [1.29, 1.82) is 0 Å². The van der Waals surface area contributed by atoms with Gasteiger partial charge in [-0.2, -0.15) is 0 Å². The summed E-state index contributed by atoms with van der Waals surface area (Å²) in [6.45, 7) is 1.85. The molecule has 2 heterocycles. The van der Waals surface area contributed by atoms with E-state index in [4.69, 9.17) is 16.3 Å². The van der Waals surface area contributed by atoms with Gasteiger partial charge in [0.05, 0.1) is 16.5 Å². The van der Waals surface area contributed by atoms with E-state index in [0.717, 1.165) is 21.7 Å². The lowest BCUT2D eigenvalue weighted by Crippen LogP contribution is -2.22. The summed E-state index contributed by atoms with van der Waals surface area (Å²) in [6.07, 6.45) is 2.71. The summed E-state index contributed by atoms with van der Waals surface area (Å²) in [7, 11) is -2.54. The Kier molecular flexibility index (Phi) is 4.91. The normalized spacial score (nSPS) is 11.7. The molecule has 30 heavy (non-hydrogen) atoms. The first-order valence-electron chi connectivity index (χ1n) is 8.84. The Bertz CT molecular complexity index is 1420. The van der Waals surface area contributed by atoms with Crippen molar-refractivity contribution < 1.29 is 17.5 Å². The van der Waals surface area contributed by atoms with Crippen molar-refractivity contribution in [3.05, 3.63) is 87.7 Å². The van der Waals surface area contributed by atoms with E-state index in [2.05, 4.69) is 0 Å². The fourth-order valence-electron chi connectivity index (χ4n) is 3.11. The number of hydrogen-bond donors (Lipinski definition) is 0. The molecule has 0 N–H and O–H groups in total. The van der Waals surface area contributed by atoms with E-state index < -0.39 is 21.4 Å². The summed E-state index contributed by atoms with van der Waals surface area (Å²) in [5.74, 6) is -0.279. The van der Waals surface area contributed by atoms with Crippen molar-refractivity contribution in [2.45, 2.75) is 11.8 Å². The van der Waals surface area contributed by atoms with Crippen molar-refractivity contribution in [3.8, 4) is 11.5 Å². The smallest absolute Gasteiger partial charge is 0.276 e. The molecular formula is C21H16ClFN2O4S. The van der Waals surface area contributed by atoms with E-state index in [1.165, 1.54) is 48.3 Å². The number of rotatable bonds is 4. The molecule has 6 nitrogen and oxygen atoms in total. The molecule has 4 rings (SSSR count). The van der Waals surface area contributed by atoms with Crippen LogP contribution in [0.1, 0.15) is 5.56 Å². The number of pyridine rings is 1. The van der Waals surface area contributed by atoms with Crippen molar-refractivity contribution >= 4 is 32.5 Å². The molecule has 4 aromatic rings. The molecule has 0 fully saturated rings. The molecule has 0 radical (unpaired) electrons. The fourth-order valence-corrected chi connectivity index (χ4v) is 4.67.